The summed E-state index contributed by atoms with van der Waals surface area (Å²) >= 11 is 0. The Morgan fingerprint density at radius 3 is 2.56 bits per heavy atom. The lowest BCUT2D eigenvalue weighted by molar-refractivity contribution is 0.0742. The van der Waals surface area contributed by atoms with Gasteiger partial charge in [0.05, 0.1) is 17.8 Å². The molecule has 1 atom stereocenters. The van der Waals surface area contributed by atoms with Gasteiger partial charge in [-0.05, 0) is 12.5 Å². The summed E-state index contributed by atoms with van der Waals surface area (Å²) in [6, 6.07) is 10.0. The Balaban J connectivity index is 2.16. The van der Waals surface area contributed by atoms with E-state index < -0.39 is 0 Å². The van der Waals surface area contributed by atoms with Crippen molar-refractivity contribution in [1.82, 2.24) is 14.7 Å². The standard InChI is InChI=1S/C14H17N3O/c1-11(12-7-5-4-6-8-12)17(3)14(18)13-9-15-16(2)10-13/h4-11H,1-3H3/t11-/m0/s1. The van der Waals surface area contributed by atoms with Crippen LogP contribution in [0.2, 0.25) is 0 Å². The normalized spacial score (nSPS) is 12.2. The van der Waals surface area contributed by atoms with Crippen LogP contribution in [0.4, 0.5) is 0 Å². The van der Waals surface area contributed by atoms with E-state index in [9.17, 15) is 4.79 Å². The smallest absolute Gasteiger partial charge is 0.257 e. The molecule has 0 N–H and O–H groups in total. The van der Waals surface area contributed by atoms with Crippen molar-refractivity contribution in [2.24, 2.45) is 7.05 Å². The van der Waals surface area contributed by atoms with Crippen molar-refractivity contribution in [3.63, 3.8) is 0 Å². The molecule has 0 saturated heterocycles. The third kappa shape index (κ3) is 2.42. The predicted octanol–water partition coefficient (Wildman–Crippen LogP) is 2.25. The maximum absolute atomic E-state index is 12.2. The fourth-order valence-electron chi connectivity index (χ4n) is 1.87. The van der Waals surface area contributed by atoms with Crippen LogP contribution in [0, 0.1) is 0 Å². The molecule has 0 aliphatic heterocycles. The second-order valence-electron chi connectivity index (χ2n) is 4.41. The van der Waals surface area contributed by atoms with Crippen molar-refractivity contribution in [1.29, 1.82) is 0 Å². The molecule has 94 valence electrons. The van der Waals surface area contributed by atoms with Crippen molar-refractivity contribution >= 4 is 5.91 Å². The van der Waals surface area contributed by atoms with Crippen LogP contribution in [0.15, 0.2) is 42.7 Å². The summed E-state index contributed by atoms with van der Waals surface area (Å²) in [7, 11) is 3.62. The number of carbonyl (C=O) groups excluding carboxylic acids is 1. The molecule has 0 aliphatic carbocycles. The average Bonchev–Trinajstić information content (AvgIpc) is 2.84. The van der Waals surface area contributed by atoms with E-state index in [1.165, 1.54) is 0 Å². The third-order valence-corrected chi connectivity index (χ3v) is 3.14. The number of nitrogens with zero attached hydrogens (tertiary/aromatic N) is 3. The fraction of sp³-hybridized carbons (Fsp3) is 0.286. The van der Waals surface area contributed by atoms with Gasteiger partial charge in [-0.1, -0.05) is 30.3 Å². The van der Waals surface area contributed by atoms with Crippen molar-refractivity contribution in [3.8, 4) is 0 Å². The second kappa shape index (κ2) is 5.04. The van der Waals surface area contributed by atoms with E-state index in [0.29, 0.717) is 5.56 Å². The van der Waals surface area contributed by atoms with E-state index in [1.54, 1.807) is 29.0 Å². The minimum atomic E-state index is -0.0144. The fourth-order valence-corrected chi connectivity index (χ4v) is 1.87. The SMILES string of the molecule is C[C@@H](c1ccccc1)N(C)C(=O)c1cnn(C)c1. The minimum absolute atomic E-state index is 0.0144. The van der Waals surface area contributed by atoms with Gasteiger partial charge < -0.3 is 4.90 Å². The van der Waals surface area contributed by atoms with Gasteiger partial charge in [0.15, 0.2) is 0 Å². The first-order valence-corrected chi connectivity index (χ1v) is 5.90. The first-order valence-electron chi connectivity index (χ1n) is 5.90. The van der Waals surface area contributed by atoms with Crippen LogP contribution in [0.5, 0.6) is 0 Å². The zero-order chi connectivity index (χ0) is 13.1. The van der Waals surface area contributed by atoms with E-state index in [2.05, 4.69) is 5.10 Å². The summed E-state index contributed by atoms with van der Waals surface area (Å²) in [5, 5.41) is 4.02. The van der Waals surface area contributed by atoms with Crippen LogP contribution < -0.4 is 0 Å². The summed E-state index contributed by atoms with van der Waals surface area (Å²) in [5.41, 5.74) is 1.74. The van der Waals surface area contributed by atoms with Crippen molar-refractivity contribution in [2.45, 2.75) is 13.0 Å². The van der Waals surface area contributed by atoms with Crippen LogP contribution in [0.1, 0.15) is 28.9 Å². The Kier molecular flexibility index (Phi) is 3.46. The van der Waals surface area contributed by atoms with Gasteiger partial charge in [-0.3, -0.25) is 9.48 Å². The zero-order valence-electron chi connectivity index (χ0n) is 10.9. The first-order chi connectivity index (χ1) is 8.59. The Bertz CT molecular complexity index is 533. The van der Waals surface area contributed by atoms with E-state index in [4.69, 9.17) is 0 Å². The van der Waals surface area contributed by atoms with Crippen LogP contribution in [0.25, 0.3) is 0 Å². The highest BCUT2D eigenvalue weighted by Gasteiger charge is 2.19. The minimum Gasteiger partial charge on any atom is -0.335 e. The highest BCUT2D eigenvalue weighted by atomic mass is 16.2. The van der Waals surface area contributed by atoms with Crippen LogP contribution >= 0.6 is 0 Å². The first kappa shape index (κ1) is 12.4. The second-order valence-corrected chi connectivity index (χ2v) is 4.41. The lowest BCUT2D eigenvalue weighted by Crippen LogP contribution is -2.29. The highest BCUT2D eigenvalue weighted by molar-refractivity contribution is 5.93. The molecule has 1 aromatic heterocycles. The quantitative estimate of drug-likeness (QED) is 0.829. The zero-order valence-corrected chi connectivity index (χ0v) is 10.9. The van der Waals surface area contributed by atoms with Gasteiger partial charge in [-0.2, -0.15) is 5.10 Å². The molecule has 0 aliphatic rings. The molecular formula is C14H17N3O. The van der Waals surface area contributed by atoms with Gasteiger partial charge >= 0.3 is 0 Å². The molecule has 0 bridgehead atoms. The van der Waals surface area contributed by atoms with E-state index in [0.717, 1.165) is 5.56 Å². The van der Waals surface area contributed by atoms with Crippen LogP contribution in [0.3, 0.4) is 0 Å². The summed E-state index contributed by atoms with van der Waals surface area (Å²) < 4.78 is 1.63. The molecule has 2 aromatic rings. The molecule has 0 saturated carbocycles. The van der Waals surface area contributed by atoms with Crippen molar-refractivity contribution in [3.05, 3.63) is 53.9 Å². The lowest BCUT2D eigenvalue weighted by Gasteiger charge is -2.24. The van der Waals surface area contributed by atoms with E-state index in [1.807, 2.05) is 44.3 Å². The highest BCUT2D eigenvalue weighted by Crippen LogP contribution is 2.19. The molecule has 18 heavy (non-hydrogen) atoms. The Hall–Kier alpha value is -2.10. The molecular weight excluding hydrogens is 226 g/mol. The van der Waals surface area contributed by atoms with Crippen LogP contribution in [-0.2, 0) is 7.05 Å². The number of benzene rings is 1. The maximum atomic E-state index is 12.2. The number of aromatic nitrogens is 2. The molecule has 2 rings (SSSR count). The molecule has 1 heterocycles. The maximum Gasteiger partial charge on any atom is 0.257 e. The number of rotatable bonds is 3. The summed E-state index contributed by atoms with van der Waals surface area (Å²) in [4.78, 5) is 14.0. The summed E-state index contributed by atoms with van der Waals surface area (Å²) in [5.74, 6) is -0.0144. The average molecular weight is 243 g/mol. The Morgan fingerprint density at radius 2 is 2.00 bits per heavy atom. The largest absolute Gasteiger partial charge is 0.335 e. The molecule has 0 spiro atoms. The molecule has 0 radical (unpaired) electrons. The van der Waals surface area contributed by atoms with Gasteiger partial charge in [0, 0.05) is 20.3 Å². The van der Waals surface area contributed by atoms with Gasteiger partial charge in [0.25, 0.3) is 5.91 Å². The molecule has 0 fully saturated rings. The topological polar surface area (TPSA) is 38.1 Å². The Labute approximate surface area is 107 Å². The lowest BCUT2D eigenvalue weighted by atomic mass is 10.1. The summed E-state index contributed by atoms with van der Waals surface area (Å²) in [6.07, 6.45) is 3.33. The predicted molar refractivity (Wildman–Crippen MR) is 70.2 cm³/mol. The molecule has 0 unspecified atom stereocenters. The van der Waals surface area contributed by atoms with Gasteiger partial charge in [0.1, 0.15) is 0 Å². The van der Waals surface area contributed by atoms with Crippen molar-refractivity contribution < 1.29 is 4.79 Å². The van der Waals surface area contributed by atoms with Gasteiger partial charge in [-0.15, -0.1) is 0 Å². The monoisotopic (exact) mass is 243 g/mol. The van der Waals surface area contributed by atoms with E-state index in [-0.39, 0.29) is 11.9 Å². The number of carbonyl (C=O) groups is 1. The molecule has 4 nitrogen and oxygen atoms in total. The number of hydrogen-bond donors (Lipinski definition) is 0. The number of hydrogen-bond acceptors (Lipinski definition) is 2. The van der Waals surface area contributed by atoms with Crippen molar-refractivity contribution in [2.75, 3.05) is 7.05 Å². The van der Waals surface area contributed by atoms with Gasteiger partial charge in [0.2, 0.25) is 0 Å². The molecule has 1 amide bonds. The third-order valence-electron chi connectivity index (χ3n) is 3.14. The number of aryl methyl sites for hydroxylation is 1. The van der Waals surface area contributed by atoms with Gasteiger partial charge in [-0.25, -0.2) is 0 Å². The number of amides is 1. The Morgan fingerprint density at radius 1 is 1.33 bits per heavy atom. The molecule has 4 heteroatoms. The van der Waals surface area contributed by atoms with E-state index >= 15 is 0 Å². The summed E-state index contributed by atoms with van der Waals surface area (Å²) in [6.45, 7) is 2.02. The van der Waals surface area contributed by atoms with Crippen LogP contribution in [-0.4, -0.2) is 27.6 Å². The molecule has 1 aromatic carbocycles.